The van der Waals surface area contributed by atoms with Crippen LogP contribution in [0.25, 0.3) is 0 Å². The third-order valence-corrected chi connectivity index (χ3v) is 3.27. The molecule has 2 rings (SSSR count). The number of ketones is 2. The third-order valence-electron chi connectivity index (χ3n) is 3.27. The molecule has 0 amide bonds. The maximum Gasteiger partial charge on any atom is 0.208 e. The molecular weight excluding hydrogens is 204 g/mol. The summed E-state index contributed by atoms with van der Waals surface area (Å²) in [6.45, 7) is 4.20. The minimum absolute atomic E-state index is 0.0562. The molecular formula is C13H16O3. The van der Waals surface area contributed by atoms with Crippen molar-refractivity contribution in [3.05, 3.63) is 24.2 Å². The van der Waals surface area contributed by atoms with Gasteiger partial charge in [-0.3, -0.25) is 9.59 Å². The van der Waals surface area contributed by atoms with Crippen molar-refractivity contribution in [3.63, 3.8) is 0 Å². The first-order valence-corrected chi connectivity index (χ1v) is 5.60. The summed E-state index contributed by atoms with van der Waals surface area (Å²) in [6, 6.07) is 3.29. The fourth-order valence-electron chi connectivity index (χ4n) is 2.23. The molecule has 1 aromatic rings. The van der Waals surface area contributed by atoms with Crippen LogP contribution in [0.3, 0.4) is 0 Å². The summed E-state index contributed by atoms with van der Waals surface area (Å²) in [5.41, 5.74) is 0.0703. The molecule has 1 atom stereocenters. The van der Waals surface area contributed by atoms with E-state index in [4.69, 9.17) is 4.42 Å². The Kier molecular flexibility index (Phi) is 2.70. The zero-order valence-electron chi connectivity index (χ0n) is 9.66. The first-order valence-electron chi connectivity index (χ1n) is 5.60. The number of carbonyl (C=O) groups excluding carboxylic acids is 2. The van der Waals surface area contributed by atoms with E-state index in [1.807, 2.05) is 0 Å². The van der Waals surface area contributed by atoms with Crippen molar-refractivity contribution in [1.29, 1.82) is 0 Å². The van der Waals surface area contributed by atoms with Gasteiger partial charge in [-0.05, 0) is 30.4 Å². The van der Waals surface area contributed by atoms with E-state index in [9.17, 15) is 9.59 Å². The standard InChI is InChI=1S/C13H16O3/c1-13(2)6-5-10(14)9(8-13)12(15)11-4-3-7-16-11/h3-4,7,9H,5-6,8H2,1-2H3. The highest BCUT2D eigenvalue weighted by molar-refractivity contribution is 6.09. The maximum absolute atomic E-state index is 12.0. The smallest absolute Gasteiger partial charge is 0.208 e. The van der Waals surface area contributed by atoms with Crippen LogP contribution in [0.4, 0.5) is 0 Å². The van der Waals surface area contributed by atoms with E-state index < -0.39 is 5.92 Å². The summed E-state index contributed by atoms with van der Waals surface area (Å²) >= 11 is 0. The fraction of sp³-hybridized carbons (Fsp3) is 0.538. The van der Waals surface area contributed by atoms with Gasteiger partial charge in [0, 0.05) is 6.42 Å². The van der Waals surface area contributed by atoms with Crippen LogP contribution >= 0.6 is 0 Å². The summed E-state index contributed by atoms with van der Waals surface area (Å²) in [5, 5.41) is 0. The number of hydrogen-bond acceptors (Lipinski definition) is 3. The first kappa shape index (κ1) is 11.1. The largest absolute Gasteiger partial charge is 0.461 e. The molecule has 1 fully saturated rings. The monoisotopic (exact) mass is 220 g/mol. The molecule has 1 unspecified atom stereocenters. The van der Waals surface area contributed by atoms with Gasteiger partial charge in [0.25, 0.3) is 0 Å². The second-order valence-corrected chi connectivity index (χ2v) is 5.23. The van der Waals surface area contributed by atoms with Gasteiger partial charge in [0.05, 0.1) is 12.2 Å². The van der Waals surface area contributed by atoms with Crippen molar-refractivity contribution in [2.75, 3.05) is 0 Å². The predicted molar refractivity (Wildman–Crippen MR) is 59.2 cm³/mol. The molecule has 0 spiro atoms. The van der Waals surface area contributed by atoms with Crippen molar-refractivity contribution in [1.82, 2.24) is 0 Å². The molecule has 0 saturated heterocycles. The van der Waals surface area contributed by atoms with Crippen molar-refractivity contribution in [3.8, 4) is 0 Å². The Morgan fingerprint density at radius 1 is 1.50 bits per heavy atom. The van der Waals surface area contributed by atoms with E-state index in [0.717, 1.165) is 6.42 Å². The van der Waals surface area contributed by atoms with Gasteiger partial charge in [0.15, 0.2) is 5.76 Å². The van der Waals surface area contributed by atoms with Crippen LogP contribution in [-0.2, 0) is 4.79 Å². The van der Waals surface area contributed by atoms with Gasteiger partial charge in [0.2, 0.25) is 5.78 Å². The van der Waals surface area contributed by atoms with E-state index in [-0.39, 0.29) is 17.0 Å². The molecule has 0 aromatic carbocycles. The van der Waals surface area contributed by atoms with E-state index in [2.05, 4.69) is 13.8 Å². The van der Waals surface area contributed by atoms with Crippen LogP contribution in [0.1, 0.15) is 43.7 Å². The Labute approximate surface area is 94.8 Å². The highest BCUT2D eigenvalue weighted by Crippen LogP contribution is 2.38. The van der Waals surface area contributed by atoms with Crippen LogP contribution in [0, 0.1) is 11.3 Å². The van der Waals surface area contributed by atoms with Gasteiger partial charge < -0.3 is 4.42 Å². The Bertz CT molecular complexity index is 401. The van der Waals surface area contributed by atoms with Crippen molar-refractivity contribution in [2.45, 2.75) is 33.1 Å². The summed E-state index contributed by atoms with van der Waals surface area (Å²) in [5.74, 6) is -0.311. The predicted octanol–water partition coefficient (Wildman–Crippen LogP) is 2.86. The molecule has 0 bridgehead atoms. The summed E-state index contributed by atoms with van der Waals surface area (Å²) < 4.78 is 5.06. The van der Waals surface area contributed by atoms with Crippen LogP contribution < -0.4 is 0 Å². The number of furan rings is 1. The third kappa shape index (κ3) is 2.08. The number of rotatable bonds is 2. The number of carbonyl (C=O) groups is 2. The molecule has 0 N–H and O–H groups in total. The topological polar surface area (TPSA) is 47.3 Å². The van der Waals surface area contributed by atoms with Gasteiger partial charge in [-0.1, -0.05) is 13.8 Å². The van der Waals surface area contributed by atoms with E-state index in [0.29, 0.717) is 18.6 Å². The Morgan fingerprint density at radius 3 is 2.88 bits per heavy atom. The molecule has 16 heavy (non-hydrogen) atoms. The van der Waals surface area contributed by atoms with Gasteiger partial charge in [-0.15, -0.1) is 0 Å². The molecule has 1 saturated carbocycles. The second kappa shape index (κ2) is 3.89. The maximum atomic E-state index is 12.0. The van der Waals surface area contributed by atoms with Crippen molar-refractivity contribution >= 4 is 11.6 Å². The van der Waals surface area contributed by atoms with Gasteiger partial charge >= 0.3 is 0 Å². The van der Waals surface area contributed by atoms with Gasteiger partial charge in [-0.2, -0.15) is 0 Å². The van der Waals surface area contributed by atoms with E-state index in [1.165, 1.54) is 6.26 Å². The molecule has 86 valence electrons. The number of Topliss-reactive ketones (excluding diaryl/α,β-unsaturated/α-hetero) is 2. The van der Waals surface area contributed by atoms with Crippen LogP contribution in [0.2, 0.25) is 0 Å². The lowest BCUT2D eigenvalue weighted by molar-refractivity contribution is -0.125. The summed E-state index contributed by atoms with van der Waals surface area (Å²) in [4.78, 5) is 23.8. The SMILES string of the molecule is CC1(C)CCC(=O)C(C(=O)c2ccco2)C1. The normalized spacial score (nSPS) is 24.4. The molecule has 1 aliphatic carbocycles. The highest BCUT2D eigenvalue weighted by Gasteiger charge is 2.38. The average molecular weight is 220 g/mol. The van der Waals surface area contributed by atoms with E-state index >= 15 is 0 Å². The van der Waals surface area contributed by atoms with Crippen LogP contribution in [-0.4, -0.2) is 11.6 Å². The summed E-state index contributed by atoms with van der Waals surface area (Å²) in [7, 11) is 0. The highest BCUT2D eigenvalue weighted by atomic mass is 16.3. The lowest BCUT2D eigenvalue weighted by Gasteiger charge is -2.33. The molecule has 1 aromatic heterocycles. The van der Waals surface area contributed by atoms with Crippen LogP contribution in [0.15, 0.2) is 22.8 Å². The minimum atomic E-state index is -0.505. The molecule has 3 heteroatoms. The zero-order valence-corrected chi connectivity index (χ0v) is 9.66. The van der Waals surface area contributed by atoms with Gasteiger partial charge in [0.1, 0.15) is 5.78 Å². The minimum Gasteiger partial charge on any atom is -0.461 e. The second-order valence-electron chi connectivity index (χ2n) is 5.23. The molecule has 0 aliphatic heterocycles. The number of hydrogen-bond donors (Lipinski definition) is 0. The Morgan fingerprint density at radius 2 is 2.25 bits per heavy atom. The molecule has 0 radical (unpaired) electrons. The van der Waals surface area contributed by atoms with Gasteiger partial charge in [-0.25, -0.2) is 0 Å². The van der Waals surface area contributed by atoms with Crippen molar-refractivity contribution in [2.24, 2.45) is 11.3 Å². The quantitative estimate of drug-likeness (QED) is 0.568. The lowest BCUT2D eigenvalue weighted by Crippen LogP contribution is -2.34. The van der Waals surface area contributed by atoms with E-state index in [1.54, 1.807) is 12.1 Å². The first-order chi connectivity index (χ1) is 7.49. The Balaban J connectivity index is 2.19. The Hall–Kier alpha value is -1.38. The summed E-state index contributed by atoms with van der Waals surface area (Å²) in [6.07, 6.45) is 3.47. The zero-order chi connectivity index (χ0) is 11.8. The molecule has 1 heterocycles. The average Bonchev–Trinajstić information content (AvgIpc) is 2.74. The van der Waals surface area contributed by atoms with Crippen LogP contribution in [0.5, 0.6) is 0 Å². The lowest BCUT2D eigenvalue weighted by atomic mass is 9.70. The fourth-order valence-corrected chi connectivity index (χ4v) is 2.23. The van der Waals surface area contributed by atoms with Crippen molar-refractivity contribution < 1.29 is 14.0 Å². The molecule has 1 aliphatic rings. The molecule has 3 nitrogen and oxygen atoms in total.